The van der Waals surface area contributed by atoms with E-state index in [1.165, 1.54) is 6.92 Å². The highest BCUT2D eigenvalue weighted by Crippen LogP contribution is 2.50. The van der Waals surface area contributed by atoms with Gasteiger partial charge in [-0.1, -0.05) is 19.9 Å². The Labute approximate surface area is 204 Å². The molecule has 4 rings (SSSR count). The van der Waals surface area contributed by atoms with Crippen molar-refractivity contribution in [2.75, 3.05) is 37.6 Å². The lowest BCUT2D eigenvalue weighted by Crippen LogP contribution is -2.57. The van der Waals surface area contributed by atoms with Crippen molar-refractivity contribution >= 4 is 11.8 Å². The van der Waals surface area contributed by atoms with Gasteiger partial charge in [0.05, 0.1) is 23.4 Å². The molecule has 0 unspecified atom stereocenters. The Kier molecular flexibility index (Phi) is 7.34. The molecule has 2 fully saturated rings. The van der Waals surface area contributed by atoms with E-state index in [0.29, 0.717) is 11.8 Å². The van der Waals surface area contributed by atoms with Crippen LogP contribution in [0.25, 0.3) is 0 Å². The molecule has 2 heterocycles. The van der Waals surface area contributed by atoms with Gasteiger partial charge in [0.15, 0.2) is 0 Å². The molecule has 0 aromatic carbocycles. The van der Waals surface area contributed by atoms with E-state index in [4.69, 9.17) is 9.72 Å². The number of fused-ring (bicyclic) bond motifs is 1. The SMILES string of the molecule is CC(=O)O[C@@H]1[C][C@@]2(O)[C@H](C)CC[C@@H]([C@H](C)CN3CCN(c4nc(C)cnc4C)CC3)[C@H]2C=C1C. The molecule has 0 bridgehead atoms. The fourth-order valence-corrected chi connectivity index (χ4v) is 6.12. The summed E-state index contributed by atoms with van der Waals surface area (Å²) in [7, 11) is 0. The minimum Gasteiger partial charge on any atom is -0.457 e. The summed E-state index contributed by atoms with van der Waals surface area (Å²) in [5, 5.41) is 11.7. The van der Waals surface area contributed by atoms with Gasteiger partial charge in [-0.3, -0.25) is 14.7 Å². The van der Waals surface area contributed by atoms with Crippen molar-refractivity contribution in [3.63, 3.8) is 0 Å². The number of rotatable bonds is 5. The second-order valence-corrected chi connectivity index (χ2v) is 10.7. The average Bonchev–Trinajstić information content (AvgIpc) is 2.78. The van der Waals surface area contributed by atoms with Crippen LogP contribution in [0.5, 0.6) is 0 Å². The molecule has 1 aromatic rings. The van der Waals surface area contributed by atoms with E-state index < -0.39 is 11.7 Å². The van der Waals surface area contributed by atoms with Crippen molar-refractivity contribution in [2.24, 2.45) is 23.7 Å². The number of hydrogen-bond acceptors (Lipinski definition) is 7. The number of aliphatic hydroxyl groups is 1. The molecule has 6 atom stereocenters. The number of nitrogens with zero attached hydrogens (tertiary/aromatic N) is 4. The summed E-state index contributed by atoms with van der Waals surface area (Å²) in [5.41, 5.74) is 1.86. The van der Waals surface area contributed by atoms with Gasteiger partial charge in [-0.25, -0.2) is 4.98 Å². The van der Waals surface area contributed by atoms with Crippen LogP contribution < -0.4 is 4.90 Å². The molecule has 0 spiro atoms. The molecule has 1 N–H and O–H groups in total. The predicted molar refractivity (Wildman–Crippen MR) is 132 cm³/mol. The zero-order valence-corrected chi connectivity index (χ0v) is 21.5. The quantitative estimate of drug-likeness (QED) is 0.525. The van der Waals surface area contributed by atoms with Crippen LogP contribution in [0.4, 0.5) is 5.82 Å². The number of piperazine rings is 1. The van der Waals surface area contributed by atoms with Gasteiger partial charge >= 0.3 is 5.97 Å². The third kappa shape index (κ3) is 5.01. The number of anilines is 1. The Bertz CT molecular complexity index is 926. The van der Waals surface area contributed by atoms with Crippen LogP contribution in [0.3, 0.4) is 0 Å². The molecule has 2 radical (unpaired) electrons. The molecule has 1 aliphatic heterocycles. The minimum absolute atomic E-state index is 0.00423. The first-order valence-electron chi connectivity index (χ1n) is 12.7. The molecule has 34 heavy (non-hydrogen) atoms. The highest BCUT2D eigenvalue weighted by Gasteiger charge is 2.53. The van der Waals surface area contributed by atoms with Crippen molar-refractivity contribution in [1.29, 1.82) is 0 Å². The lowest BCUT2D eigenvalue weighted by atomic mass is 9.57. The van der Waals surface area contributed by atoms with E-state index in [0.717, 1.165) is 68.3 Å². The van der Waals surface area contributed by atoms with E-state index in [-0.39, 0.29) is 17.8 Å². The maximum absolute atomic E-state index is 11.7. The smallest absolute Gasteiger partial charge is 0.303 e. The van der Waals surface area contributed by atoms with Crippen LogP contribution >= 0.6 is 0 Å². The van der Waals surface area contributed by atoms with Crippen molar-refractivity contribution in [1.82, 2.24) is 14.9 Å². The highest BCUT2D eigenvalue weighted by atomic mass is 16.5. The van der Waals surface area contributed by atoms with E-state index >= 15 is 0 Å². The maximum Gasteiger partial charge on any atom is 0.303 e. The molecule has 1 aromatic heterocycles. The van der Waals surface area contributed by atoms with E-state index in [9.17, 15) is 9.90 Å². The monoisotopic (exact) mass is 468 g/mol. The van der Waals surface area contributed by atoms with Gasteiger partial charge in [0.2, 0.25) is 0 Å². The summed E-state index contributed by atoms with van der Waals surface area (Å²) < 4.78 is 5.44. The van der Waals surface area contributed by atoms with Gasteiger partial charge in [-0.15, -0.1) is 0 Å². The molecule has 2 aliphatic carbocycles. The van der Waals surface area contributed by atoms with Crippen LogP contribution in [-0.4, -0.2) is 70.4 Å². The normalized spacial score (nSPS) is 33.1. The highest BCUT2D eigenvalue weighted by molar-refractivity contribution is 5.66. The van der Waals surface area contributed by atoms with E-state index in [1.807, 2.05) is 27.0 Å². The molecule has 7 nitrogen and oxygen atoms in total. The number of aromatic nitrogens is 2. The zero-order valence-electron chi connectivity index (χ0n) is 21.5. The standard InChI is InChI=1S/C27H40N4O3/c1-17-13-24-23(8-7-19(3)27(24,33)14-25(17)34-22(6)32)18(2)16-30-9-11-31(12-10-30)26-21(5)28-15-20(4)29-26/h13,15,18-19,23-25,33H,7-12,16H2,1-6H3/t18-,19-,23+,24-,25-,27-/m1/s1. The summed E-state index contributed by atoms with van der Waals surface area (Å²) >= 11 is 0. The van der Waals surface area contributed by atoms with Crippen molar-refractivity contribution in [2.45, 2.75) is 66.1 Å². The van der Waals surface area contributed by atoms with Crippen LogP contribution in [0.1, 0.15) is 51.9 Å². The molecule has 1 saturated heterocycles. The zero-order chi connectivity index (χ0) is 24.6. The second kappa shape index (κ2) is 9.94. The first-order chi connectivity index (χ1) is 16.1. The summed E-state index contributed by atoms with van der Waals surface area (Å²) in [6.07, 6.45) is 8.78. The minimum atomic E-state index is -1.06. The molecule has 1 saturated carbocycles. The van der Waals surface area contributed by atoms with Gasteiger partial charge in [-0.2, -0.15) is 0 Å². The van der Waals surface area contributed by atoms with Gasteiger partial charge in [0.25, 0.3) is 0 Å². The molecular formula is C27H40N4O3. The Morgan fingerprint density at radius 2 is 1.97 bits per heavy atom. The van der Waals surface area contributed by atoms with Crippen molar-refractivity contribution in [3.8, 4) is 0 Å². The lowest BCUT2D eigenvalue weighted by Gasteiger charge is -2.53. The van der Waals surface area contributed by atoms with Crippen molar-refractivity contribution in [3.05, 3.63) is 35.7 Å². The van der Waals surface area contributed by atoms with E-state index in [1.54, 1.807) is 0 Å². The average molecular weight is 469 g/mol. The van der Waals surface area contributed by atoms with Gasteiger partial charge in [0.1, 0.15) is 11.9 Å². The predicted octanol–water partition coefficient (Wildman–Crippen LogP) is 3.22. The fraction of sp³-hybridized carbons (Fsp3) is 0.704. The Hall–Kier alpha value is -1.99. The van der Waals surface area contributed by atoms with Crippen LogP contribution in [0, 0.1) is 43.9 Å². The molecule has 3 aliphatic rings. The largest absolute Gasteiger partial charge is 0.457 e. The van der Waals surface area contributed by atoms with Crippen molar-refractivity contribution < 1.29 is 14.6 Å². The second-order valence-electron chi connectivity index (χ2n) is 10.7. The number of aryl methyl sites for hydroxylation is 2. The van der Waals surface area contributed by atoms with Gasteiger partial charge in [0, 0.05) is 51.8 Å². The summed E-state index contributed by atoms with van der Waals surface area (Å²) in [4.78, 5) is 25.7. The number of esters is 1. The topological polar surface area (TPSA) is 78.8 Å². The number of carbonyl (C=O) groups excluding carboxylic acids is 1. The third-order valence-electron chi connectivity index (χ3n) is 8.16. The van der Waals surface area contributed by atoms with Crippen LogP contribution in [0.2, 0.25) is 0 Å². The Morgan fingerprint density at radius 1 is 1.26 bits per heavy atom. The Morgan fingerprint density at radius 3 is 2.65 bits per heavy atom. The third-order valence-corrected chi connectivity index (χ3v) is 8.16. The lowest BCUT2D eigenvalue weighted by molar-refractivity contribution is -0.148. The first-order valence-corrected chi connectivity index (χ1v) is 12.7. The molecular weight excluding hydrogens is 428 g/mol. The molecule has 0 amide bonds. The maximum atomic E-state index is 11.7. The number of ether oxygens (including phenoxy) is 1. The molecule has 186 valence electrons. The Balaban J connectivity index is 1.41. The van der Waals surface area contributed by atoms with Gasteiger partial charge < -0.3 is 14.7 Å². The van der Waals surface area contributed by atoms with Crippen LogP contribution in [-0.2, 0) is 9.53 Å². The number of hydrogen-bond donors (Lipinski definition) is 1. The summed E-state index contributed by atoms with van der Waals surface area (Å²) in [6.45, 7) is 16.7. The fourth-order valence-electron chi connectivity index (χ4n) is 6.12. The first kappa shape index (κ1) is 25.1. The summed E-state index contributed by atoms with van der Waals surface area (Å²) in [6, 6.07) is 0. The van der Waals surface area contributed by atoms with E-state index in [2.05, 4.69) is 41.1 Å². The van der Waals surface area contributed by atoms with Crippen LogP contribution in [0.15, 0.2) is 17.8 Å². The molecule has 7 heteroatoms. The number of carbonyl (C=O) groups is 1. The summed E-state index contributed by atoms with van der Waals surface area (Å²) in [5.74, 6) is 1.56. The van der Waals surface area contributed by atoms with Gasteiger partial charge in [-0.05, 0) is 56.9 Å².